The molecule has 1 aromatic rings. The highest BCUT2D eigenvalue weighted by Gasteiger charge is 2.33. The smallest absolute Gasteiger partial charge is 0.416 e. The maximum atomic E-state index is 12.3. The van der Waals surface area contributed by atoms with Gasteiger partial charge < -0.3 is 5.11 Å². The van der Waals surface area contributed by atoms with Crippen LogP contribution in [0.1, 0.15) is 15.9 Å². The van der Waals surface area contributed by atoms with E-state index in [4.69, 9.17) is 16.7 Å². The van der Waals surface area contributed by atoms with Gasteiger partial charge in [-0.2, -0.15) is 13.2 Å². The summed E-state index contributed by atoms with van der Waals surface area (Å²) >= 11 is 5.52. The molecule has 2 nitrogen and oxygen atoms in total. The van der Waals surface area contributed by atoms with Gasteiger partial charge in [0.25, 0.3) is 0 Å². The van der Waals surface area contributed by atoms with E-state index in [0.29, 0.717) is 0 Å². The Bertz CT molecular complexity index is 452. The number of rotatable bonds is 2. The fourth-order valence-electron chi connectivity index (χ4n) is 1.05. The molecule has 1 rings (SSSR count). The largest absolute Gasteiger partial charge is 0.478 e. The molecule has 0 radical (unpaired) electrons. The maximum Gasteiger partial charge on any atom is 0.416 e. The summed E-state index contributed by atoms with van der Waals surface area (Å²) < 4.78 is 36.9. The van der Waals surface area contributed by atoms with E-state index in [0.717, 1.165) is 18.2 Å². The lowest BCUT2D eigenvalue weighted by Crippen LogP contribution is -2.10. The van der Waals surface area contributed by atoms with Crippen LogP contribution < -0.4 is 0 Å². The number of allylic oxidation sites excluding steroid dienone is 1. The van der Waals surface area contributed by atoms with E-state index in [9.17, 15) is 18.0 Å². The molecule has 0 heterocycles. The monoisotopic (exact) mass is 250 g/mol. The molecule has 0 unspecified atom stereocenters. The summed E-state index contributed by atoms with van der Waals surface area (Å²) in [4.78, 5) is 10.6. The fourth-order valence-corrected chi connectivity index (χ4v) is 1.29. The number of hydrogen-bond donors (Lipinski definition) is 1. The third kappa shape index (κ3) is 2.76. The molecule has 6 heteroatoms. The zero-order valence-corrected chi connectivity index (χ0v) is 8.56. The van der Waals surface area contributed by atoms with Gasteiger partial charge in [0.1, 0.15) is 0 Å². The minimum Gasteiger partial charge on any atom is -0.478 e. The first-order valence-electron chi connectivity index (χ1n) is 4.02. The highest BCUT2D eigenvalue weighted by Crippen LogP contribution is 2.33. The van der Waals surface area contributed by atoms with E-state index in [1.807, 2.05) is 0 Å². The molecule has 0 atom stereocenters. The molecule has 0 aliphatic rings. The van der Waals surface area contributed by atoms with Crippen molar-refractivity contribution < 1.29 is 23.1 Å². The standard InChI is InChI=1S/C10H6ClF3O2/c1-5(10(12,13)14)6-2-7(9(15)16)4-8(11)3-6/h2-4H,1H2,(H,15,16). The topological polar surface area (TPSA) is 37.3 Å². The second kappa shape index (κ2) is 4.17. The van der Waals surface area contributed by atoms with Gasteiger partial charge in [-0.25, -0.2) is 4.79 Å². The zero-order valence-electron chi connectivity index (χ0n) is 7.81. The van der Waals surface area contributed by atoms with Gasteiger partial charge in [-0.15, -0.1) is 0 Å². The Morgan fingerprint density at radius 2 is 1.75 bits per heavy atom. The first-order chi connectivity index (χ1) is 7.21. The zero-order chi connectivity index (χ0) is 12.5. The summed E-state index contributed by atoms with van der Waals surface area (Å²) in [6.45, 7) is 2.86. The van der Waals surface area contributed by atoms with E-state index >= 15 is 0 Å². The second-order valence-corrected chi connectivity index (χ2v) is 3.45. The predicted octanol–water partition coefficient (Wildman–Crippen LogP) is 3.61. The van der Waals surface area contributed by atoms with Crippen LogP contribution in [-0.2, 0) is 0 Å². The molecular weight excluding hydrogens is 245 g/mol. The van der Waals surface area contributed by atoms with Crippen molar-refractivity contribution in [2.75, 3.05) is 0 Å². The number of carboxylic acids is 1. The SMILES string of the molecule is C=C(c1cc(Cl)cc(C(=O)O)c1)C(F)(F)F. The number of carboxylic acid groups (broad SMARTS) is 1. The second-order valence-electron chi connectivity index (χ2n) is 3.01. The van der Waals surface area contributed by atoms with E-state index < -0.39 is 17.7 Å². The van der Waals surface area contributed by atoms with E-state index in [1.54, 1.807) is 0 Å². The molecule has 0 spiro atoms. The molecule has 16 heavy (non-hydrogen) atoms. The highest BCUT2D eigenvalue weighted by atomic mass is 35.5. The van der Waals surface area contributed by atoms with E-state index in [2.05, 4.69) is 6.58 Å². The summed E-state index contributed by atoms with van der Waals surface area (Å²) in [6, 6.07) is 2.96. The summed E-state index contributed by atoms with van der Waals surface area (Å²) in [7, 11) is 0. The van der Waals surface area contributed by atoms with Gasteiger partial charge in [0, 0.05) is 5.02 Å². The Kier molecular flexibility index (Phi) is 3.28. The Labute approximate surface area is 94.0 Å². The molecule has 1 N–H and O–H groups in total. The predicted molar refractivity (Wildman–Crippen MR) is 53.5 cm³/mol. The van der Waals surface area contributed by atoms with Crippen LogP contribution in [0.25, 0.3) is 5.57 Å². The van der Waals surface area contributed by atoms with Crippen molar-refractivity contribution in [1.82, 2.24) is 0 Å². The first-order valence-corrected chi connectivity index (χ1v) is 4.40. The minimum atomic E-state index is -4.61. The van der Waals surface area contributed by atoms with Crippen LogP contribution in [0, 0.1) is 0 Å². The molecule has 86 valence electrons. The quantitative estimate of drug-likeness (QED) is 0.870. The molecular formula is C10H6ClF3O2. The van der Waals surface area contributed by atoms with Crippen LogP contribution in [0.4, 0.5) is 13.2 Å². The molecule has 0 aromatic heterocycles. The van der Waals surface area contributed by atoms with Gasteiger partial charge in [0.05, 0.1) is 11.1 Å². The Balaban J connectivity index is 3.26. The van der Waals surface area contributed by atoms with E-state index in [-0.39, 0.29) is 16.1 Å². The molecule has 0 bridgehead atoms. The van der Waals surface area contributed by atoms with Crippen molar-refractivity contribution in [3.05, 3.63) is 40.9 Å². The van der Waals surface area contributed by atoms with Gasteiger partial charge in [0.2, 0.25) is 0 Å². The molecule has 0 saturated heterocycles. The maximum absolute atomic E-state index is 12.3. The third-order valence-electron chi connectivity index (χ3n) is 1.84. The van der Waals surface area contributed by atoms with Crippen LogP contribution in [0.3, 0.4) is 0 Å². The van der Waals surface area contributed by atoms with Gasteiger partial charge >= 0.3 is 12.1 Å². The van der Waals surface area contributed by atoms with Gasteiger partial charge in [0.15, 0.2) is 0 Å². The van der Waals surface area contributed by atoms with Crippen LogP contribution in [0.2, 0.25) is 5.02 Å². The molecule has 0 aliphatic carbocycles. The number of carbonyl (C=O) groups is 1. The first kappa shape index (κ1) is 12.6. The van der Waals surface area contributed by atoms with Crippen molar-refractivity contribution in [2.45, 2.75) is 6.18 Å². The molecule has 0 amide bonds. The summed E-state index contributed by atoms with van der Waals surface area (Å²) in [5.41, 5.74) is -1.79. The Morgan fingerprint density at radius 3 is 2.19 bits per heavy atom. The molecule has 0 saturated carbocycles. The average molecular weight is 251 g/mol. The van der Waals surface area contributed by atoms with Crippen LogP contribution in [0.15, 0.2) is 24.8 Å². The van der Waals surface area contributed by atoms with E-state index in [1.165, 1.54) is 0 Å². The Morgan fingerprint density at radius 1 is 1.25 bits per heavy atom. The van der Waals surface area contributed by atoms with Crippen molar-refractivity contribution >= 4 is 23.1 Å². The van der Waals surface area contributed by atoms with Crippen LogP contribution in [-0.4, -0.2) is 17.3 Å². The van der Waals surface area contributed by atoms with Crippen molar-refractivity contribution in [3.8, 4) is 0 Å². The highest BCUT2D eigenvalue weighted by molar-refractivity contribution is 6.31. The average Bonchev–Trinajstić information content (AvgIpc) is 2.14. The van der Waals surface area contributed by atoms with Crippen LogP contribution in [0.5, 0.6) is 0 Å². The number of alkyl halides is 3. The van der Waals surface area contributed by atoms with Crippen molar-refractivity contribution in [2.24, 2.45) is 0 Å². The number of benzene rings is 1. The summed E-state index contributed by atoms with van der Waals surface area (Å²) in [5.74, 6) is -1.35. The number of hydrogen-bond acceptors (Lipinski definition) is 1. The lowest BCUT2D eigenvalue weighted by Gasteiger charge is -2.11. The lowest BCUT2D eigenvalue weighted by molar-refractivity contribution is -0.0686. The number of halogens is 4. The third-order valence-corrected chi connectivity index (χ3v) is 2.05. The van der Waals surface area contributed by atoms with Crippen molar-refractivity contribution in [1.29, 1.82) is 0 Å². The van der Waals surface area contributed by atoms with Gasteiger partial charge in [-0.3, -0.25) is 0 Å². The van der Waals surface area contributed by atoms with Gasteiger partial charge in [-0.05, 0) is 23.8 Å². The molecule has 0 aliphatic heterocycles. The van der Waals surface area contributed by atoms with Crippen LogP contribution >= 0.6 is 11.6 Å². The number of aromatic carboxylic acids is 1. The molecule has 0 fully saturated rings. The van der Waals surface area contributed by atoms with Crippen molar-refractivity contribution in [3.63, 3.8) is 0 Å². The van der Waals surface area contributed by atoms with Gasteiger partial charge in [-0.1, -0.05) is 18.2 Å². The normalized spacial score (nSPS) is 11.2. The minimum absolute atomic E-state index is 0.0831. The summed E-state index contributed by atoms with van der Waals surface area (Å²) in [5, 5.41) is 8.57. The fraction of sp³-hybridized carbons (Fsp3) is 0.100. The lowest BCUT2D eigenvalue weighted by atomic mass is 10.0. The summed E-state index contributed by atoms with van der Waals surface area (Å²) in [6.07, 6.45) is -4.61. The molecule has 1 aromatic carbocycles. The Hall–Kier alpha value is -1.49.